The molecule has 3 heteroatoms. The van der Waals surface area contributed by atoms with Gasteiger partial charge in [-0.25, -0.2) is 4.98 Å². The molecule has 0 saturated carbocycles. The van der Waals surface area contributed by atoms with Crippen molar-refractivity contribution < 1.29 is 4.79 Å². The molecule has 0 unspecified atom stereocenters. The van der Waals surface area contributed by atoms with Crippen LogP contribution in [0.15, 0.2) is 23.2 Å². The predicted octanol–water partition coefficient (Wildman–Crippen LogP) is 4.03. The maximum Gasteiger partial charge on any atom is 0.140 e. The quantitative estimate of drug-likeness (QED) is 0.751. The second kappa shape index (κ2) is 6.28. The Morgan fingerprint density at radius 3 is 3.06 bits per heavy atom. The van der Waals surface area contributed by atoms with E-state index in [1.165, 1.54) is 24.8 Å². The first-order valence-electron chi connectivity index (χ1n) is 6.76. The second-order valence-electron chi connectivity index (χ2n) is 5.39. The van der Waals surface area contributed by atoms with Crippen LogP contribution in [-0.4, -0.2) is 10.8 Å². The molecule has 2 nitrogen and oxygen atoms in total. The van der Waals surface area contributed by atoms with Crippen LogP contribution in [0.5, 0.6) is 0 Å². The van der Waals surface area contributed by atoms with E-state index >= 15 is 0 Å². The molecule has 0 spiro atoms. The summed E-state index contributed by atoms with van der Waals surface area (Å²) in [5, 5.41) is 2.88. The van der Waals surface area contributed by atoms with Crippen LogP contribution in [0.25, 0.3) is 0 Å². The molecular weight excluding hydrogens is 242 g/mol. The van der Waals surface area contributed by atoms with Gasteiger partial charge in [0, 0.05) is 18.0 Å². The average molecular weight is 263 g/mol. The fraction of sp³-hybridized carbons (Fsp3) is 0.600. The van der Waals surface area contributed by atoms with E-state index in [1.807, 2.05) is 5.38 Å². The summed E-state index contributed by atoms with van der Waals surface area (Å²) in [5.74, 6) is 1.42. The molecule has 1 aromatic rings. The zero-order valence-corrected chi connectivity index (χ0v) is 12.0. The standard InChI is InChI=1S/C15H21NOS/c1-11(2)13-5-3-4-12(8-13)9-14(17)10-15-16-6-7-18-15/h6-8,11-12H,3-5,9-10H2,1-2H3/t12-/m0/s1. The number of carbonyl (C=O) groups is 1. The van der Waals surface area contributed by atoms with E-state index in [1.54, 1.807) is 17.5 Å². The van der Waals surface area contributed by atoms with Gasteiger partial charge in [0.25, 0.3) is 0 Å². The molecular formula is C15H21NOS. The summed E-state index contributed by atoms with van der Waals surface area (Å²) in [5.41, 5.74) is 1.54. The van der Waals surface area contributed by atoms with Crippen molar-refractivity contribution in [1.82, 2.24) is 4.98 Å². The number of rotatable bonds is 5. The zero-order valence-electron chi connectivity index (χ0n) is 11.2. The number of allylic oxidation sites excluding steroid dienone is 2. The van der Waals surface area contributed by atoms with Crippen LogP contribution < -0.4 is 0 Å². The molecule has 0 fully saturated rings. The SMILES string of the molecule is CC(C)C1=C[C@@H](CC(=O)Cc2nccs2)CCC1. The lowest BCUT2D eigenvalue weighted by molar-refractivity contribution is -0.119. The van der Waals surface area contributed by atoms with E-state index in [-0.39, 0.29) is 0 Å². The first-order chi connectivity index (χ1) is 8.65. The predicted molar refractivity (Wildman–Crippen MR) is 75.7 cm³/mol. The maximum absolute atomic E-state index is 12.0. The minimum Gasteiger partial charge on any atom is -0.299 e. The summed E-state index contributed by atoms with van der Waals surface area (Å²) in [4.78, 5) is 16.2. The van der Waals surface area contributed by atoms with Crippen molar-refractivity contribution in [3.05, 3.63) is 28.2 Å². The number of nitrogens with zero attached hydrogens (tertiary/aromatic N) is 1. The van der Waals surface area contributed by atoms with Gasteiger partial charge in [-0.1, -0.05) is 25.5 Å². The van der Waals surface area contributed by atoms with Crippen molar-refractivity contribution in [2.24, 2.45) is 11.8 Å². The van der Waals surface area contributed by atoms with E-state index < -0.39 is 0 Å². The molecule has 0 saturated heterocycles. The number of hydrogen-bond acceptors (Lipinski definition) is 3. The van der Waals surface area contributed by atoms with E-state index in [9.17, 15) is 4.79 Å². The summed E-state index contributed by atoms with van der Waals surface area (Å²) >= 11 is 1.57. The Labute approximate surface area is 113 Å². The Morgan fingerprint density at radius 1 is 1.56 bits per heavy atom. The molecule has 0 aromatic carbocycles. The topological polar surface area (TPSA) is 30.0 Å². The second-order valence-corrected chi connectivity index (χ2v) is 6.37. The number of hydrogen-bond donors (Lipinski definition) is 0. The Hall–Kier alpha value is -0.960. The van der Waals surface area contributed by atoms with E-state index in [0.717, 1.165) is 5.01 Å². The highest BCUT2D eigenvalue weighted by Crippen LogP contribution is 2.29. The van der Waals surface area contributed by atoms with Crippen LogP contribution in [0.3, 0.4) is 0 Å². The Morgan fingerprint density at radius 2 is 2.39 bits per heavy atom. The van der Waals surface area contributed by atoms with Crippen LogP contribution in [0.1, 0.15) is 44.5 Å². The van der Waals surface area contributed by atoms with Gasteiger partial charge in [-0.15, -0.1) is 11.3 Å². The van der Waals surface area contributed by atoms with Crippen LogP contribution in [0, 0.1) is 11.8 Å². The fourth-order valence-corrected chi connectivity index (χ4v) is 3.20. The summed E-state index contributed by atoms with van der Waals surface area (Å²) in [6.45, 7) is 4.48. The molecule has 98 valence electrons. The molecule has 1 atom stereocenters. The zero-order chi connectivity index (χ0) is 13.0. The summed E-state index contributed by atoms with van der Waals surface area (Å²) < 4.78 is 0. The maximum atomic E-state index is 12.0. The normalized spacial score (nSPS) is 19.9. The number of thiazole rings is 1. The molecule has 0 bridgehead atoms. The molecule has 0 radical (unpaired) electrons. The van der Waals surface area contributed by atoms with Crippen LogP contribution in [0.2, 0.25) is 0 Å². The van der Waals surface area contributed by atoms with Gasteiger partial charge in [0.05, 0.1) is 11.4 Å². The van der Waals surface area contributed by atoms with Crippen molar-refractivity contribution in [2.75, 3.05) is 0 Å². The molecule has 0 N–H and O–H groups in total. The first-order valence-corrected chi connectivity index (χ1v) is 7.63. The first kappa shape index (κ1) is 13.5. The van der Waals surface area contributed by atoms with Crippen molar-refractivity contribution in [1.29, 1.82) is 0 Å². The molecule has 1 aliphatic carbocycles. The van der Waals surface area contributed by atoms with Gasteiger partial charge in [0.1, 0.15) is 5.78 Å². The molecule has 1 heterocycles. The van der Waals surface area contributed by atoms with Gasteiger partial charge in [-0.3, -0.25) is 4.79 Å². The molecule has 2 rings (SSSR count). The smallest absolute Gasteiger partial charge is 0.140 e. The average Bonchev–Trinajstić information content (AvgIpc) is 2.82. The van der Waals surface area contributed by atoms with Crippen LogP contribution in [-0.2, 0) is 11.2 Å². The largest absolute Gasteiger partial charge is 0.299 e. The van der Waals surface area contributed by atoms with E-state index in [2.05, 4.69) is 24.9 Å². The van der Waals surface area contributed by atoms with E-state index in [0.29, 0.717) is 30.5 Å². The van der Waals surface area contributed by atoms with Gasteiger partial charge < -0.3 is 0 Å². The summed E-state index contributed by atoms with van der Waals surface area (Å²) in [7, 11) is 0. The minimum absolute atomic E-state index is 0.330. The van der Waals surface area contributed by atoms with Crippen molar-refractivity contribution in [2.45, 2.75) is 46.0 Å². The fourth-order valence-electron chi connectivity index (χ4n) is 2.55. The number of Topliss-reactive ketones (excluding diaryl/α,β-unsaturated/α-hetero) is 1. The molecule has 18 heavy (non-hydrogen) atoms. The Bertz CT molecular complexity index is 420. The summed E-state index contributed by atoms with van der Waals surface area (Å²) in [6, 6.07) is 0. The minimum atomic E-state index is 0.330. The Balaban J connectivity index is 1.89. The monoisotopic (exact) mass is 263 g/mol. The molecule has 1 aromatic heterocycles. The van der Waals surface area contributed by atoms with Gasteiger partial charge in [-0.05, 0) is 31.1 Å². The highest BCUT2D eigenvalue weighted by atomic mass is 32.1. The van der Waals surface area contributed by atoms with Crippen LogP contribution >= 0.6 is 11.3 Å². The van der Waals surface area contributed by atoms with Gasteiger partial charge >= 0.3 is 0 Å². The molecule has 1 aliphatic rings. The van der Waals surface area contributed by atoms with Gasteiger partial charge in [-0.2, -0.15) is 0 Å². The van der Waals surface area contributed by atoms with Gasteiger partial charge in [0.15, 0.2) is 0 Å². The number of ketones is 1. The molecule has 0 amide bonds. The van der Waals surface area contributed by atoms with Crippen molar-refractivity contribution >= 4 is 17.1 Å². The summed E-state index contributed by atoms with van der Waals surface area (Å²) in [6.07, 6.45) is 8.95. The van der Waals surface area contributed by atoms with Gasteiger partial charge in [0.2, 0.25) is 0 Å². The Kier molecular flexibility index (Phi) is 4.70. The molecule has 0 aliphatic heterocycles. The third kappa shape index (κ3) is 3.77. The third-order valence-corrected chi connectivity index (χ3v) is 4.33. The number of aromatic nitrogens is 1. The highest BCUT2D eigenvalue weighted by Gasteiger charge is 2.18. The van der Waals surface area contributed by atoms with Crippen molar-refractivity contribution in [3.8, 4) is 0 Å². The lowest BCUT2D eigenvalue weighted by Gasteiger charge is -2.22. The third-order valence-electron chi connectivity index (χ3n) is 3.55. The lowest BCUT2D eigenvalue weighted by Crippen LogP contribution is -2.13. The van der Waals surface area contributed by atoms with Crippen molar-refractivity contribution in [3.63, 3.8) is 0 Å². The lowest BCUT2D eigenvalue weighted by atomic mass is 9.83. The van der Waals surface area contributed by atoms with E-state index in [4.69, 9.17) is 0 Å². The number of carbonyl (C=O) groups excluding carboxylic acids is 1. The van der Waals surface area contributed by atoms with Crippen LogP contribution in [0.4, 0.5) is 0 Å². The highest BCUT2D eigenvalue weighted by molar-refractivity contribution is 7.09.